The molecule has 1 aromatic carbocycles. The Bertz CT molecular complexity index is 1150. The minimum atomic E-state index is -9.68. The number of hydrogen-bond acceptors (Lipinski definition) is 6. The van der Waals surface area contributed by atoms with Crippen LogP contribution in [0.3, 0.4) is 0 Å². The Kier molecular flexibility index (Phi) is 5.47. The summed E-state index contributed by atoms with van der Waals surface area (Å²) in [5.41, 5.74) is 0.220. The first-order valence-corrected chi connectivity index (χ1v) is 14.8. The number of halogens is 5. The second-order valence-corrected chi connectivity index (χ2v) is 13.5. The molecule has 1 N–H and O–H groups in total. The van der Waals surface area contributed by atoms with Crippen molar-refractivity contribution in [3.8, 4) is 0 Å². The first kappa shape index (κ1) is 24.7. The van der Waals surface area contributed by atoms with Crippen LogP contribution >= 0.6 is 10.2 Å². The van der Waals surface area contributed by atoms with E-state index in [2.05, 4.69) is 9.88 Å². The maximum absolute atomic E-state index is 13.0. The molecule has 0 amide bonds. The normalized spacial score (nSPS) is 24.8. The van der Waals surface area contributed by atoms with Gasteiger partial charge in [-0.15, -0.1) is 0 Å². The van der Waals surface area contributed by atoms with E-state index in [4.69, 9.17) is 4.98 Å². The number of aliphatic hydroxyl groups is 1. The fourth-order valence-corrected chi connectivity index (χ4v) is 6.97. The molecule has 13 heteroatoms. The molecule has 0 unspecified atom stereocenters. The number of aromatic nitrogens is 2. The number of nitrogens with zero attached hydrogens (tertiary/aromatic N) is 4. The lowest BCUT2D eigenvalue weighted by molar-refractivity contribution is 0.115. The summed E-state index contributed by atoms with van der Waals surface area (Å²) in [5, 5.41) is 10.1. The lowest BCUT2D eigenvalue weighted by Gasteiger charge is -2.51. The molecule has 0 bridgehead atoms. The average molecular weight is 539 g/mol. The van der Waals surface area contributed by atoms with Crippen molar-refractivity contribution in [3.63, 3.8) is 0 Å². The Hall–Kier alpha value is -1.99. The van der Waals surface area contributed by atoms with Gasteiger partial charge in [-0.05, 0) is 55.7 Å². The molecule has 35 heavy (non-hydrogen) atoms. The Balaban J connectivity index is 1.32. The maximum atomic E-state index is 13.0. The van der Waals surface area contributed by atoms with Crippen molar-refractivity contribution in [3.05, 3.63) is 36.0 Å². The highest BCUT2D eigenvalue weighted by atomic mass is 32.5. The summed E-state index contributed by atoms with van der Waals surface area (Å²) in [7, 11) is -10.9. The zero-order valence-corrected chi connectivity index (χ0v) is 20.5. The van der Waals surface area contributed by atoms with Crippen molar-refractivity contribution in [1.29, 1.82) is 0 Å². The van der Waals surface area contributed by atoms with Crippen LogP contribution in [0.15, 0.2) is 40.3 Å². The van der Waals surface area contributed by atoms with Gasteiger partial charge in [0.25, 0.3) is 0 Å². The number of aliphatic hydroxyl groups excluding tert-OH is 1. The molecule has 5 rings (SSSR count). The zero-order chi connectivity index (χ0) is 25.1. The molecule has 1 saturated carbocycles. The molecule has 2 fully saturated rings. The van der Waals surface area contributed by atoms with E-state index in [9.17, 15) is 28.7 Å². The number of rotatable bonds is 5. The predicted molar refractivity (Wildman–Crippen MR) is 126 cm³/mol. The van der Waals surface area contributed by atoms with Crippen molar-refractivity contribution >= 4 is 32.8 Å². The van der Waals surface area contributed by atoms with Gasteiger partial charge in [-0.2, -0.15) is 4.98 Å². The van der Waals surface area contributed by atoms with E-state index in [1.54, 1.807) is 6.20 Å². The number of piperidine rings is 1. The summed E-state index contributed by atoms with van der Waals surface area (Å²) in [4.78, 5) is 11.9. The minimum absolute atomic E-state index is 0.00457. The first-order chi connectivity index (χ1) is 16.3. The van der Waals surface area contributed by atoms with Crippen molar-refractivity contribution in [2.45, 2.75) is 53.4 Å². The quantitative estimate of drug-likeness (QED) is 0.517. The summed E-state index contributed by atoms with van der Waals surface area (Å²) < 4.78 is 77.6. The van der Waals surface area contributed by atoms with Crippen molar-refractivity contribution in [1.82, 2.24) is 9.97 Å². The number of benzene rings is 1. The standard InChI is InChI=1S/C22H27F5N4O2S2/c23-35(24,25,26,27)18-4-2-16(3-5-18)17-6-10-30(11-7-17)21-28-14-19-20(29-21)31(12-13-34(19)33)22(15-32)8-1-9-22/h2-5,14,17,32H,1,6-13,15H2/t34-/m1/s1. The fraction of sp³-hybridized carbons (Fsp3) is 0.545. The van der Waals surface area contributed by atoms with Crippen LogP contribution < -0.4 is 9.80 Å². The van der Waals surface area contributed by atoms with E-state index in [1.165, 1.54) is 0 Å². The summed E-state index contributed by atoms with van der Waals surface area (Å²) in [6.45, 7) is 1.64. The van der Waals surface area contributed by atoms with Gasteiger partial charge in [0.1, 0.15) is 4.90 Å². The Morgan fingerprint density at radius 1 is 1.06 bits per heavy atom. The number of fused-ring (bicyclic) bond motifs is 1. The topological polar surface area (TPSA) is 69.6 Å². The van der Waals surface area contributed by atoms with Crippen molar-refractivity contribution in [2.24, 2.45) is 0 Å². The molecule has 2 aliphatic heterocycles. The molecule has 2 aromatic rings. The van der Waals surface area contributed by atoms with Crippen LogP contribution in [0.25, 0.3) is 0 Å². The highest BCUT2D eigenvalue weighted by molar-refractivity contribution is 8.45. The molecule has 6 nitrogen and oxygen atoms in total. The van der Waals surface area contributed by atoms with E-state index >= 15 is 0 Å². The smallest absolute Gasteiger partial charge is 0.310 e. The van der Waals surface area contributed by atoms with Crippen LogP contribution in [-0.4, -0.2) is 56.8 Å². The third-order valence-corrected chi connectivity index (χ3v) is 9.95. The molecular weight excluding hydrogens is 511 g/mol. The van der Waals surface area contributed by atoms with Gasteiger partial charge in [0.2, 0.25) is 5.95 Å². The van der Waals surface area contributed by atoms with Crippen LogP contribution in [0.5, 0.6) is 0 Å². The number of hydrogen-bond donors (Lipinski definition) is 1. The number of anilines is 2. The third-order valence-electron chi connectivity index (χ3n) is 7.45. The van der Waals surface area contributed by atoms with Crippen LogP contribution in [-0.2, 0) is 10.8 Å². The molecule has 1 aliphatic carbocycles. The van der Waals surface area contributed by atoms with E-state index in [0.29, 0.717) is 72.6 Å². The van der Waals surface area contributed by atoms with Gasteiger partial charge >= 0.3 is 10.2 Å². The summed E-state index contributed by atoms with van der Waals surface area (Å²) in [6.07, 6.45) is 5.51. The van der Waals surface area contributed by atoms with E-state index in [0.717, 1.165) is 31.4 Å². The lowest BCUT2D eigenvalue weighted by atomic mass is 9.76. The van der Waals surface area contributed by atoms with E-state index in [1.807, 2.05) is 4.90 Å². The highest BCUT2D eigenvalue weighted by Crippen LogP contribution is 3.02. The molecule has 194 valence electrons. The predicted octanol–water partition coefficient (Wildman–Crippen LogP) is 5.36. The first-order valence-electron chi connectivity index (χ1n) is 11.5. The minimum Gasteiger partial charge on any atom is -0.394 e. The maximum Gasteiger partial charge on any atom is 0.310 e. The van der Waals surface area contributed by atoms with Crippen molar-refractivity contribution in [2.75, 3.05) is 41.8 Å². The molecule has 1 atom stereocenters. The summed E-state index contributed by atoms with van der Waals surface area (Å²) in [5.74, 6) is 1.48. The van der Waals surface area contributed by atoms with Gasteiger partial charge in [0, 0.05) is 25.4 Å². The highest BCUT2D eigenvalue weighted by Gasteiger charge is 2.65. The fourth-order valence-electron chi connectivity index (χ4n) is 5.22. The molecule has 0 radical (unpaired) electrons. The van der Waals surface area contributed by atoms with Crippen molar-refractivity contribution < 1.29 is 28.7 Å². The average Bonchev–Trinajstić information content (AvgIpc) is 2.79. The van der Waals surface area contributed by atoms with Gasteiger partial charge in [0.15, 0.2) is 5.82 Å². The summed E-state index contributed by atoms with van der Waals surface area (Å²) >= 11 is 0. The van der Waals surface area contributed by atoms with Gasteiger partial charge in [-0.1, -0.05) is 31.6 Å². The lowest BCUT2D eigenvalue weighted by Crippen LogP contribution is -2.59. The van der Waals surface area contributed by atoms with E-state index in [-0.39, 0.29) is 18.1 Å². The molecule has 1 saturated heterocycles. The second kappa shape index (κ2) is 7.75. The van der Waals surface area contributed by atoms with Gasteiger partial charge < -0.3 is 14.9 Å². The third kappa shape index (κ3) is 4.62. The van der Waals surface area contributed by atoms with E-state index < -0.39 is 25.9 Å². The van der Waals surface area contributed by atoms with Gasteiger partial charge in [0.05, 0.1) is 34.0 Å². The SMILES string of the molecule is O=[S@@]1CCN(C2(CO)CCC2)c2nc(N3CCC(c4ccc(S(F)(F)(F)(F)F)cc4)CC3)ncc21. The van der Waals surface area contributed by atoms with Crippen LogP contribution in [0.1, 0.15) is 43.6 Å². The summed E-state index contributed by atoms with van der Waals surface area (Å²) in [6, 6.07) is 3.23. The molecular formula is C22H27F5N4O2S2. The Morgan fingerprint density at radius 2 is 1.71 bits per heavy atom. The largest absolute Gasteiger partial charge is 0.394 e. The molecule has 3 aliphatic rings. The monoisotopic (exact) mass is 538 g/mol. The zero-order valence-electron chi connectivity index (χ0n) is 18.9. The Labute approximate surface area is 202 Å². The van der Waals surface area contributed by atoms with Crippen LogP contribution in [0.4, 0.5) is 31.2 Å². The Morgan fingerprint density at radius 3 is 2.26 bits per heavy atom. The van der Waals surface area contributed by atoms with Gasteiger partial charge in [-0.3, -0.25) is 4.21 Å². The van der Waals surface area contributed by atoms with Gasteiger partial charge in [-0.25, -0.2) is 4.98 Å². The van der Waals surface area contributed by atoms with Crippen LogP contribution in [0.2, 0.25) is 0 Å². The second-order valence-electron chi connectivity index (χ2n) is 9.59. The molecule has 1 aromatic heterocycles. The molecule has 0 spiro atoms. The van der Waals surface area contributed by atoms with Crippen LogP contribution in [0, 0.1) is 0 Å². The molecule has 3 heterocycles.